The second kappa shape index (κ2) is 7.68. The van der Waals surface area contributed by atoms with Crippen molar-refractivity contribution in [3.8, 4) is 0 Å². The first-order valence-electron chi connectivity index (χ1n) is 8.15. The molecule has 1 fully saturated rings. The molecule has 2 rings (SSSR count). The molecule has 0 aliphatic heterocycles. The average Bonchev–Trinajstić information content (AvgIpc) is 3.09. The molecule has 1 aliphatic carbocycles. The van der Waals surface area contributed by atoms with Gasteiger partial charge in [-0.3, -0.25) is 0 Å². The molecule has 0 aromatic carbocycles. The molecule has 0 bridgehead atoms. The van der Waals surface area contributed by atoms with Crippen molar-refractivity contribution < 1.29 is 13.9 Å². The highest BCUT2D eigenvalue weighted by Crippen LogP contribution is 2.27. The summed E-state index contributed by atoms with van der Waals surface area (Å²) in [5.74, 6) is 0.613. The molecule has 1 unspecified atom stereocenters. The number of carbonyl (C=O) groups excluding carboxylic acids is 1. The summed E-state index contributed by atoms with van der Waals surface area (Å²) in [6, 6.07) is 2.23. The molecule has 5 nitrogen and oxygen atoms in total. The Morgan fingerprint density at radius 3 is 2.73 bits per heavy atom. The molecule has 1 aromatic heterocycles. The predicted molar refractivity (Wildman–Crippen MR) is 85.5 cm³/mol. The topological polar surface area (TPSA) is 63.5 Å². The lowest BCUT2D eigenvalue weighted by atomic mass is 9.98. The first kappa shape index (κ1) is 16.9. The van der Waals surface area contributed by atoms with Crippen molar-refractivity contribution in [2.75, 3.05) is 6.54 Å². The highest BCUT2D eigenvalue weighted by Gasteiger charge is 2.26. The van der Waals surface area contributed by atoms with Gasteiger partial charge in [-0.1, -0.05) is 12.8 Å². The molecule has 1 heterocycles. The van der Waals surface area contributed by atoms with Crippen molar-refractivity contribution in [3.63, 3.8) is 0 Å². The van der Waals surface area contributed by atoms with Crippen LogP contribution in [0.3, 0.4) is 0 Å². The number of hydrogen-bond acceptors (Lipinski definition) is 4. The largest absolute Gasteiger partial charge is 0.472 e. The molecule has 0 saturated heterocycles. The Hall–Kier alpha value is -1.49. The van der Waals surface area contributed by atoms with Crippen molar-refractivity contribution in [1.82, 2.24) is 10.6 Å². The van der Waals surface area contributed by atoms with Crippen molar-refractivity contribution in [1.29, 1.82) is 0 Å². The van der Waals surface area contributed by atoms with E-state index in [2.05, 4.69) is 10.6 Å². The van der Waals surface area contributed by atoms with E-state index >= 15 is 0 Å². The molecule has 124 valence electrons. The highest BCUT2D eigenvalue weighted by molar-refractivity contribution is 5.67. The number of hydrogen-bond donors (Lipinski definition) is 2. The predicted octanol–water partition coefficient (Wildman–Crippen LogP) is 3.45. The number of furan rings is 1. The van der Waals surface area contributed by atoms with Crippen LogP contribution in [0.2, 0.25) is 0 Å². The Labute approximate surface area is 132 Å². The van der Waals surface area contributed by atoms with E-state index in [4.69, 9.17) is 9.15 Å². The van der Waals surface area contributed by atoms with Crippen molar-refractivity contribution in [2.24, 2.45) is 5.92 Å². The number of ether oxygens (including phenoxy) is 1. The fourth-order valence-electron chi connectivity index (χ4n) is 2.91. The smallest absolute Gasteiger partial charge is 0.407 e. The maximum atomic E-state index is 11.8. The van der Waals surface area contributed by atoms with E-state index in [9.17, 15) is 4.79 Å². The van der Waals surface area contributed by atoms with E-state index in [0.717, 1.165) is 12.1 Å². The molecule has 2 N–H and O–H groups in total. The number of alkyl carbamates (subject to hydrolysis) is 1. The minimum absolute atomic E-state index is 0.268. The zero-order valence-corrected chi connectivity index (χ0v) is 13.9. The van der Waals surface area contributed by atoms with Crippen LogP contribution in [0.1, 0.15) is 52.0 Å². The zero-order valence-electron chi connectivity index (χ0n) is 13.9. The van der Waals surface area contributed by atoms with Crippen LogP contribution in [-0.2, 0) is 11.3 Å². The molecule has 5 heteroatoms. The lowest BCUT2D eigenvalue weighted by molar-refractivity contribution is 0.0518. The van der Waals surface area contributed by atoms with Gasteiger partial charge in [0.05, 0.1) is 12.5 Å². The number of amides is 1. The Bertz CT molecular complexity index is 445. The summed E-state index contributed by atoms with van der Waals surface area (Å²) in [5, 5.41) is 6.45. The van der Waals surface area contributed by atoms with Gasteiger partial charge < -0.3 is 19.8 Å². The third-order valence-electron chi connectivity index (χ3n) is 3.98. The molecule has 22 heavy (non-hydrogen) atoms. The Morgan fingerprint density at radius 1 is 1.41 bits per heavy atom. The molecule has 0 spiro atoms. The molecule has 1 aliphatic rings. The van der Waals surface area contributed by atoms with Gasteiger partial charge in [0.15, 0.2) is 0 Å². The van der Waals surface area contributed by atoms with Crippen LogP contribution < -0.4 is 10.6 Å². The summed E-state index contributed by atoms with van der Waals surface area (Å²) in [5.41, 5.74) is 0.664. The summed E-state index contributed by atoms with van der Waals surface area (Å²) in [4.78, 5) is 11.8. The fourth-order valence-corrected chi connectivity index (χ4v) is 2.91. The van der Waals surface area contributed by atoms with Crippen LogP contribution in [0.15, 0.2) is 23.0 Å². The molecule has 1 aromatic rings. The van der Waals surface area contributed by atoms with Crippen LogP contribution in [0.25, 0.3) is 0 Å². The molecular weight excluding hydrogens is 280 g/mol. The highest BCUT2D eigenvalue weighted by atomic mass is 16.6. The minimum atomic E-state index is -0.461. The minimum Gasteiger partial charge on any atom is -0.472 e. The van der Waals surface area contributed by atoms with E-state index < -0.39 is 5.60 Å². The third-order valence-corrected chi connectivity index (χ3v) is 3.98. The first-order valence-corrected chi connectivity index (χ1v) is 8.15. The lowest BCUT2D eigenvalue weighted by Gasteiger charge is -2.26. The van der Waals surface area contributed by atoms with Crippen molar-refractivity contribution in [3.05, 3.63) is 24.2 Å². The van der Waals surface area contributed by atoms with Crippen LogP contribution in [0.5, 0.6) is 0 Å². The van der Waals surface area contributed by atoms with Gasteiger partial charge in [-0.05, 0) is 45.6 Å². The van der Waals surface area contributed by atoms with Gasteiger partial charge in [-0.25, -0.2) is 4.79 Å². The zero-order chi connectivity index (χ0) is 16.0. The van der Waals surface area contributed by atoms with Gasteiger partial charge in [0.25, 0.3) is 0 Å². The fraction of sp³-hybridized carbons (Fsp3) is 0.706. The second-order valence-corrected chi connectivity index (χ2v) is 7.05. The average molecular weight is 308 g/mol. The Kier molecular flexibility index (Phi) is 5.89. The Morgan fingerprint density at radius 2 is 2.14 bits per heavy atom. The van der Waals surface area contributed by atoms with Crippen molar-refractivity contribution in [2.45, 2.75) is 64.6 Å². The maximum absolute atomic E-state index is 11.8. The number of carbonyl (C=O) groups is 1. The summed E-state index contributed by atoms with van der Waals surface area (Å²) >= 11 is 0. The van der Waals surface area contributed by atoms with E-state index in [1.54, 1.807) is 12.5 Å². The SMILES string of the molecule is CC(C)(C)OC(=O)NCC(NCc1ccoc1)C1CCCC1. The van der Waals surface area contributed by atoms with Crippen LogP contribution >= 0.6 is 0 Å². The first-order chi connectivity index (χ1) is 10.4. The molecule has 1 atom stereocenters. The Balaban J connectivity index is 1.83. The van der Waals surface area contributed by atoms with Gasteiger partial charge in [0.2, 0.25) is 0 Å². The van der Waals surface area contributed by atoms with Gasteiger partial charge in [-0.2, -0.15) is 0 Å². The van der Waals surface area contributed by atoms with E-state index in [1.165, 1.54) is 25.7 Å². The molecule has 0 radical (unpaired) electrons. The summed E-state index contributed by atoms with van der Waals surface area (Å²) in [6.45, 7) is 6.97. The standard InChI is InChI=1S/C17H28N2O3/c1-17(2,3)22-16(20)19-11-15(14-6-4-5-7-14)18-10-13-8-9-21-12-13/h8-9,12,14-15,18H,4-7,10-11H2,1-3H3,(H,19,20). The van der Waals surface area contributed by atoms with Gasteiger partial charge in [-0.15, -0.1) is 0 Å². The quantitative estimate of drug-likeness (QED) is 0.845. The van der Waals surface area contributed by atoms with Crippen molar-refractivity contribution >= 4 is 6.09 Å². The van der Waals surface area contributed by atoms with Gasteiger partial charge in [0, 0.05) is 24.7 Å². The normalized spacial score (nSPS) is 17.4. The summed E-state index contributed by atoms with van der Waals surface area (Å²) < 4.78 is 10.4. The number of rotatable bonds is 6. The van der Waals surface area contributed by atoms with Gasteiger partial charge in [0.1, 0.15) is 5.60 Å². The number of nitrogens with one attached hydrogen (secondary N) is 2. The van der Waals surface area contributed by atoms with Crippen LogP contribution in [-0.4, -0.2) is 24.3 Å². The molecule has 1 amide bonds. The van der Waals surface area contributed by atoms with E-state index in [-0.39, 0.29) is 12.1 Å². The monoisotopic (exact) mass is 308 g/mol. The summed E-state index contributed by atoms with van der Waals surface area (Å²) in [7, 11) is 0. The molecular formula is C17H28N2O3. The van der Waals surface area contributed by atoms with E-state index in [1.807, 2.05) is 26.8 Å². The third kappa shape index (κ3) is 5.72. The van der Waals surface area contributed by atoms with E-state index in [0.29, 0.717) is 12.5 Å². The maximum Gasteiger partial charge on any atom is 0.407 e. The lowest BCUT2D eigenvalue weighted by Crippen LogP contribution is -2.45. The second-order valence-electron chi connectivity index (χ2n) is 7.05. The summed E-state index contributed by atoms with van der Waals surface area (Å²) in [6.07, 6.45) is 8.08. The van der Waals surface area contributed by atoms with Crippen LogP contribution in [0, 0.1) is 5.92 Å². The molecule has 1 saturated carbocycles. The van der Waals surface area contributed by atoms with Gasteiger partial charge >= 0.3 is 6.09 Å². The van der Waals surface area contributed by atoms with Crippen LogP contribution in [0.4, 0.5) is 4.79 Å².